The van der Waals surface area contributed by atoms with E-state index in [0.717, 1.165) is 39.1 Å². The Labute approximate surface area is 114 Å². The third-order valence-electron chi connectivity index (χ3n) is 4.23. The summed E-state index contributed by atoms with van der Waals surface area (Å²) in [6.45, 7) is 4.76. The zero-order chi connectivity index (χ0) is 13.1. The molecule has 1 saturated heterocycles. The van der Waals surface area contributed by atoms with Crippen LogP contribution in [0.1, 0.15) is 36.9 Å². The number of hydrogen-bond acceptors (Lipinski definition) is 3. The average molecular weight is 262 g/mol. The van der Waals surface area contributed by atoms with Crippen molar-refractivity contribution in [3.05, 3.63) is 17.5 Å². The first-order chi connectivity index (χ1) is 9.33. The summed E-state index contributed by atoms with van der Waals surface area (Å²) < 4.78 is 0. The number of aromatic nitrogens is 2. The zero-order valence-corrected chi connectivity index (χ0v) is 11.4. The van der Waals surface area contributed by atoms with Crippen molar-refractivity contribution >= 4 is 5.91 Å². The quantitative estimate of drug-likeness (QED) is 0.889. The average Bonchev–Trinajstić information content (AvgIpc) is 2.93. The molecule has 5 nitrogen and oxygen atoms in total. The van der Waals surface area contributed by atoms with Gasteiger partial charge in [0.15, 0.2) is 0 Å². The van der Waals surface area contributed by atoms with Crippen LogP contribution in [-0.4, -0.2) is 52.1 Å². The van der Waals surface area contributed by atoms with Crippen molar-refractivity contribution in [3.63, 3.8) is 0 Å². The molecule has 5 heteroatoms. The zero-order valence-electron chi connectivity index (χ0n) is 11.4. The van der Waals surface area contributed by atoms with Gasteiger partial charge in [-0.25, -0.2) is 0 Å². The molecule has 2 aliphatic rings. The van der Waals surface area contributed by atoms with Crippen LogP contribution in [0.15, 0.2) is 6.20 Å². The standard InChI is InChI=1S/C14H22N4O/c19-14(18-6-2-1-3-7-18)5-9-17-8-4-13-12(11-17)10-15-16-13/h10H,1-9,11H2,(H,15,16). The molecule has 19 heavy (non-hydrogen) atoms. The summed E-state index contributed by atoms with van der Waals surface area (Å²) in [5.41, 5.74) is 2.55. The molecule has 0 spiro atoms. The molecule has 1 aromatic heterocycles. The van der Waals surface area contributed by atoms with Crippen LogP contribution in [0.5, 0.6) is 0 Å². The Morgan fingerprint density at radius 3 is 2.95 bits per heavy atom. The normalized spacial score (nSPS) is 20.3. The number of hydrogen-bond donors (Lipinski definition) is 1. The fourth-order valence-corrected chi connectivity index (χ4v) is 3.03. The lowest BCUT2D eigenvalue weighted by molar-refractivity contribution is -0.132. The number of H-pyrrole nitrogens is 1. The van der Waals surface area contributed by atoms with E-state index in [0.29, 0.717) is 12.3 Å². The first-order valence-electron chi connectivity index (χ1n) is 7.34. The van der Waals surface area contributed by atoms with Crippen LogP contribution in [0.4, 0.5) is 0 Å². The second-order valence-corrected chi connectivity index (χ2v) is 5.59. The van der Waals surface area contributed by atoms with Crippen LogP contribution >= 0.6 is 0 Å². The molecule has 3 rings (SSSR count). The summed E-state index contributed by atoms with van der Waals surface area (Å²) >= 11 is 0. The molecule has 0 saturated carbocycles. The molecule has 104 valence electrons. The van der Waals surface area contributed by atoms with Crippen LogP contribution in [0, 0.1) is 0 Å². The third kappa shape index (κ3) is 2.97. The van der Waals surface area contributed by atoms with Crippen molar-refractivity contribution in [2.75, 3.05) is 26.2 Å². The van der Waals surface area contributed by atoms with E-state index >= 15 is 0 Å². The summed E-state index contributed by atoms with van der Waals surface area (Å²) in [5.74, 6) is 0.331. The van der Waals surface area contributed by atoms with Gasteiger partial charge in [0.2, 0.25) is 5.91 Å². The molecule has 0 aliphatic carbocycles. The summed E-state index contributed by atoms with van der Waals surface area (Å²) in [7, 11) is 0. The number of fused-ring (bicyclic) bond motifs is 1. The molecule has 1 aromatic rings. The minimum absolute atomic E-state index is 0.331. The summed E-state index contributed by atoms with van der Waals surface area (Å²) in [4.78, 5) is 16.5. The summed E-state index contributed by atoms with van der Waals surface area (Å²) in [5, 5.41) is 7.12. The molecule has 0 aromatic carbocycles. The number of piperidine rings is 1. The van der Waals surface area contributed by atoms with Gasteiger partial charge in [0.05, 0.1) is 6.20 Å². The van der Waals surface area contributed by atoms with Crippen molar-refractivity contribution in [2.24, 2.45) is 0 Å². The predicted molar refractivity (Wildman–Crippen MR) is 72.6 cm³/mol. The Morgan fingerprint density at radius 2 is 2.11 bits per heavy atom. The lowest BCUT2D eigenvalue weighted by atomic mass is 10.1. The van der Waals surface area contributed by atoms with Crippen LogP contribution in [0.3, 0.4) is 0 Å². The fraction of sp³-hybridized carbons (Fsp3) is 0.714. The Morgan fingerprint density at radius 1 is 1.26 bits per heavy atom. The van der Waals surface area contributed by atoms with Gasteiger partial charge >= 0.3 is 0 Å². The first kappa shape index (κ1) is 12.7. The third-order valence-corrected chi connectivity index (χ3v) is 4.23. The SMILES string of the molecule is O=C(CCN1CCc2[nH]ncc2C1)N1CCCCC1. The molecule has 1 fully saturated rings. The summed E-state index contributed by atoms with van der Waals surface area (Å²) in [6, 6.07) is 0. The van der Waals surface area contributed by atoms with E-state index < -0.39 is 0 Å². The van der Waals surface area contributed by atoms with E-state index in [-0.39, 0.29) is 0 Å². The number of aromatic amines is 1. The molecule has 0 atom stereocenters. The smallest absolute Gasteiger partial charge is 0.223 e. The number of nitrogens with one attached hydrogen (secondary N) is 1. The van der Waals surface area contributed by atoms with Gasteiger partial charge in [-0.2, -0.15) is 5.10 Å². The van der Waals surface area contributed by atoms with Crippen LogP contribution in [0.2, 0.25) is 0 Å². The lowest BCUT2D eigenvalue weighted by Gasteiger charge is -2.29. The Bertz CT molecular complexity index is 436. The van der Waals surface area contributed by atoms with Gasteiger partial charge in [-0.15, -0.1) is 0 Å². The van der Waals surface area contributed by atoms with Crippen molar-refractivity contribution < 1.29 is 4.79 Å². The van der Waals surface area contributed by atoms with Gasteiger partial charge in [-0.1, -0.05) is 0 Å². The maximum Gasteiger partial charge on any atom is 0.223 e. The lowest BCUT2D eigenvalue weighted by Crippen LogP contribution is -2.38. The Hall–Kier alpha value is -1.36. The highest BCUT2D eigenvalue weighted by atomic mass is 16.2. The van der Waals surface area contributed by atoms with Crippen molar-refractivity contribution in [1.82, 2.24) is 20.0 Å². The number of likely N-dealkylation sites (tertiary alicyclic amines) is 1. The van der Waals surface area contributed by atoms with Gasteiger partial charge in [0.25, 0.3) is 0 Å². The van der Waals surface area contributed by atoms with Crippen LogP contribution in [-0.2, 0) is 17.8 Å². The largest absolute Gasteiger partial charge is 0.343 e. The second-order valence-electron chi connectivity index (χ2n) is 5.59. The molecule has 0 radical (unpaired) electrons. The first-order valence-corrected chi connectivity index (χ1v) is 7.34. The molecule has 3 heterocycles. The van der Waals surface area contributed by atoms with Gasteiger partial charge in [0, 0.05) is 56.8 Å². The van der Waals surface area contributed by atoms with Crippen molar-refractivity contribution in [1.29, 1.82) is 0 Å². The molecule has 2 aliphatic heterocycles. The van der Waals surface area contributed by atoms with E-state index in [1.54, 1.807) is 0 Å². The maximum atomic E-state index is 12.1. The second kappa shape index (κ2) is 5.74. The van der Waals surface area contributed by atoms with E-state index in [9.17, 15) is 4.79 Å². The number of nitrogens with zero attached hydrogens (tertiary/aromatic N) is 3. The highest BCUT2D eigenvalue weighted by molar-refractivity contribution is 5.76. The van der Waals surface area contributed by atoms with E-state index in [1.807, 2.05) is 11.1 Å². The number of carbonyl (C=O) groups is 1. The Kier molecular flexibility index (Phi) is 3.82. The minimum atomic E-state index is 0.331. The van der Waals surface area contributed by atoms with Gasteiger partial charge < -0.3 is 4.90 Å². The van der Waals surface area contributed by atoms with Crippen LogP contribution in [0.25, 0.3) is 0 Å². The minimum Gasteiger partial charge on any atom is -0.343 e. The molecule has 0 unspecified atom stereocenters. The van der Waals surface area contributed by atoms with E-state index in [1.165, 1.54) is 30.5 Å². The molecular formula is C14H22N4O. The monoisotopic (exact) mass is 262 g/mol. The topological polar surface area (TPSA) is 52.2 Å². The van der Waals surface area contributed by atoms with Crippen molar-refractivity contribution in [3.8, 4) is 0 Å². The Balaban J connectivity index is 1.46. The highest BCUT2D eigenvalue weighted by Gasteiger charge is 2.20. The molecule has 0 bridgehead atoms. The molecule has 1 amide bonds. The van der Waals surface area contributed by atoms with E-state index in [2.05, 4.69) is 15.1 Å². The van der Waals surface area contributed by atoms with Crippen molar-refractivity contribution in [2.45, 2.75) is 38.6 Å². The van der Waals surface area contributed by atoms with Gasteiger partial charge in [0.1, 0.15) is 0 Å². The van der Waals surface area contributed by atoms with Gasteiger partial charge in [-0.05, 0) is 19.3 Å². The maximum absolute atomic E-state index is 12.1. The van der Waals surface area contributed by atoms with Crippen LogP contribution < -0.4 is 0 Å². The predicted octanol–water partition coefficient (Wildman–Crippen LogP) is 1.17. The fourth-order valence-electron chi connectivity index (χ4n) is 3.03. The van der Waals surface area contributed by atoms with E-state index in [4.69, 9.17) is 0 Å². The molecule has 1 N–H and O–H groups in total. The molecular weight excluding hydrogens is 240 g/mol. The number of rotatable bonds is 3. The number of carbonyl (C=O) groups excluding carboxylic acids is 1. The summed E-state index contributed by atoms with van der Waals surface area (Å²) in [6.07, 6.45) is 7.22. The highest BCUT2D eigenvalue weighted by Crippen LogP contribution is 2.16. The number of amides is 1. The van der Waals surface area contributed by atoms with Gasteiger partial charge in [-0.3, -0.25) is 14.8 Å².